The molecule has 0 radical (unpaired) electrons. The molecule has 4 nitrogen and oxygen atoms in total. The highest BCUT2D eigenvalue weighted by Gasteiger charge is 2.27. The molecular formula is C16H17NO3. The fourth-order valence-corrected chi connectivity index (χ4v) is 3.33. The molecule has 104 valence electrons. The van der Waals surface area contributed by atoms with Gasteiger partial charge in [-0.1, -0.05) is 0 Å². The third-order valence-electron chi connectivity index (χ3n) is 4.18. The summed E-state index contributed by atoms with van der Waals surface area (Å²) in [6.45, 7) is 5.77. The molecular weight excluding hydrogens is 254 g/mol. The molecule has 0 saturated carbocycles. The number of hydrogen-bond acceptors (Lipinski definition) is 4. The second-order valence-corrected chi connectivity index (χ2v) is 5.65. The summed E-state index contributed by atoms with van der Waals surface area (Å²) in [5.41, 5.74) is 2.56. The van der Waals surface area contributed by atoms with Crippen LogP contribution in [0.2, 0.25) is 0 Å². The highest BCUT2D eigenvalue weighted by molar-refractivity contribution is 6.04. The van der Waals surface area contributed by atoms with Crippen LogP contribution in [0.1, 0.15) is 29.4 Å². The molecule has 2 aromatic heterocycles. The van der Waals surface area contributed by atoms with Gasteiger partial charge in [0.1, 0.15) is 17.1 Å². The maximum absolute atomic E-state index is 10.4. The second-order valence-electron chi connectivity index (χ2n) is 5.65. The average Bonchev–Trinajstić information content (AvgIpc) is 3.09. The maximum atomic E-state index is 10.4. The zero-order valence-electron chi connectivity index (χ0n) is 11.6. The second kappa shape index (κ2) is 4.03. The fraction of sp³-hybridized carbons (Fsp3) is 0.375. The third-order valence-corrected chi connectivity index (χ3v) is 4.18. The Labute approximate surface area is 116 Å². The summed E-state index contributed by atoms with van der Waals surface area (Å²) >= 11 is 0. The van der Waals surface area contributed by atoms with E-state index >= 15 is 0 Å². The van der Waals surface area contributed by atoms with Crippen LogP contribution in [0.5, 0.6) is 5.75 Å². The van der Waals surface area contributed by atoms with Gasteiger partial charge in [0.05, 0.1) is 5.39 Å². The van der Waals surface area contributed by atoms with Crippen molar-refractivity contribution < 1.29 is 13.9 Å². The Morgan fingerprint density at radius 3 is 2.50 bits per heavy atom. The van der Waals surface area contributed by atoms with Crippen LogP contribution < -0.4 is 5.32 Å². The van der Waals surface area contributed by atoms with Gasteiger partial charge in [-0.15, -0.1) is 0 Å². The van der Waals surface area contributed by atoms with Crippen molar-refractivity contribution in [3.05, 3.63) is 29.2 Å². The van der Waals surface area contributed by atoms with Crippen molar-refractivity contribution in [1.82, 2.24) is 5.32 Å². The van der Waals surface area contributed by atoms with Crippen LogP contribution in [0.15, 0.2) is 21.0 Å². The number of hydrogen-bond donors (Lipinski definition) is 2. The molecule has 1 fully saturated rings. The maximum Gasteiger partial charge on any atom is 0.177 e. The molecule has 4 rings (SSSR count). The van der Waals surface area contributed by atoms with Crippen LogP contribution in [-0.2, 0) is 0 Å². The molecule has 1 aliphatic rings. The first-order valence-electron chi connectivity index (χ1n) is 7.01. The highest BCUT2D eigenvalue weighted by atomic mass is 16.4. The van der Waals surface area contributed by atoms with Gasteiger partial charge in [0, 0.05) is 23.4 Å². The molecule has 1 aliphatic heterocycles. The van der Waals surface area contributed by atoms with Crippen LogP contribution >= 0.6 is 0 Å². The topological polar surface area (TPSA) is 58.5 Å². The number of rotatable bonds is 1. The van der Waals surface area contributed by atoms with E-state index in [9.17, 15) is 5.11 Å². The smallest absolute Gasteiger partial charge is 0.177 e. The van der Waals surface area contributed by atoms with Gasteiger partial charge in [-0.25, -0.2) is 0 Å². The van der Waals surface area contributed by atoms with Crippen LogP contribution in [-0.4, -0.2) is 18.2 Å². The molecule has 2 N–H and O–H groups in total. The van der Waals surface area contributed by atoms with Crippen molar-refractivity contribution in [3.63, 3.8) is 0 Å². The number of benzene rings is 1. The SMILES string of the molecule is Cc1cc2c(C3CCNC3)c3oc(C)cc3c(O)c2o1. The number of aryl methyl sites for hydroxylation is 2. The van der Waals surface area contributed by atoms with Crippen LogP contribution in [0, 0.1) is 13.8 Å². The van der Waals surface area contributed by atoms with E-state index in [0.717, 1.165) is 47.4 Å². The lowest BCUT2D eigenvalue weighted by Crippen LogP contribution is -2.08. The first-order valence-corrected chi connectivity index (χ1v) is 7.01. The molecule has 4 heteroatoms. The predicted molar refractivity (Wildman–Crippen MR) is 77.4 cm³/mol. The lowest BCUT2D eigenvalue weighted by molar-refractivity contribution is 0.466. The Morgan fingerprint density at radius 1 is 1.10 bits per heavy atom. The largest absolute Gasteiger partial charge is 0.504 e. The predicted octanol–water partition coefficient (Wildman–Crippen LogP) is 3.58. The molecule has 3 aromatic rings. The molecule has 1 atom stereocenters. The fourth-order valence-electron chi connectivity index (χ4n) is 3.33. The zero-order valence-corrected chi connectivity index (χ0v) is 11.6. The Bertz CT molecular complexity index is 748. The van der Waals surface area contributed by atoms with Gasteiger partial charge in [-0.2, -0.15) is 0 Å². The molecule has 3 heterocycles. The normalized spacial score (nSPS) is 19.4. The lowest BCUT2D eigenvalue weighted by Gasteiger charge is -2.11. The molecule has 1 saturated heterocycles. The third kappa shape index (κ3) is 1.51. The summed E-state index contributed by atoms with van der Waals surface area (Å²) in [7, 11) is 0. The highest BCUT2D eigenvalue weighted by Crippen LogP contribution is 2.44. The van der Waals surface area contributed by atoms with E-state index in [-0.39, 0.29) is 5.75 Å². The van der Waals surface area contributed by atoms with Crippen LogP contribution in [0.3, 0.4) is 0 Å². The van der Waals surface area contributed by atoms with E-state index in [1.165, 1.54) is 5.56 Å². The first kappa shape index (κ1) is 11.9. The van der Waals surface area contributed by atoms with Crippen LogP contribution in [0.4, 0.5) is 0 Å². The summed E-state index contributed by atoms with van der Waals surface area (Å²) in [6, 6.07) is 3.88. The molecule has 1 aromatic carbocycles. The van der Waals surface area contributed by atoms with Gasteiger partial charge >= 0.3 is 0 Å². The number of fused-ring (bicyclic) bond motifs is 2. The number of phenolic OH excluding ortho intramolecular Hbond substituents is 1. The van der Waals surface area contributed by atoms with Gasteiger partial charge in [-0.05, 0) is 38.9 Å². The van der Waals surface area contributed by atoms with Crippen molar-refractivity contribution in [2.45, 2.75) is 26.2 Å². The quantitative estimate of drug-likeness (QED) is 0.710. The van der Waals surface area contributed by atoms with Crippen molar-refractivity contribution >= 4 is 21.9 Å². The molecule has 0 spiro atoms. The minimum absolute atomic E-state index is 0.189. The van der Waals surface area contributed by atoms with Crippen molar-refractivity contribution in [1.29, 1.82) is 0 Å². The van der Waals surface area contributed by atoms with Crippen LogP contribution in [0.25, 0.3) is 21.9 Å². The summed E-state index contributed by atoms with van der Waals surface area (Å²) < 4.78 is 11.6. The standard InChI is InChI=1S/C16H17NO3/c1-8-5-11-13(10-3-4-17-7-10)15-12(6-9(2)19-15)14(18)16(11)20-8/h5-6,10,17-18H,3-4,7H2,1-2H3. The molecule has 1 unspecified atom stereocenters. The van der Waals surface area contributed by atoms with E-state index in [2.05, 4.69) is 5.32 Å². The molecule has 0 aliphatic carbocycles. The number of nitrogens with one attached hydrogen (secondary N) is 1. The van der Waals surface area contributed by atoms with Crippen molar-refractivity contribution in [3.8, 4) is 5.75 Å². The minimum atomic E-state index is 0.189. The van der Waals surface area contributed by atoms with Gasteiger partial charge in [0.15, 0.2) is 11.3 Å². The average molecular weight is 271 g/mol. The zero-order chi connectivity index (χ0) is 13.9. The van der Waals surface area contributed by atoms with Gasteiger partial charge in [0.25, 0.3) is 0 Å². The van der Waals surface area contributed by atoms with Crippen molar-refractivity contribution in [2.24, 2.45) is 0 Å². The Kier molecular flexibility index (Phi) is 2.39. The Hall–Kier alpha value is -1.94. The van der Waals surface area contributed by atoms with Crippen molar-refractivity contribution in [2.75, 3.05) is 13.1 Å². The minimum Gasteiger partial charge on any atom is -0.504 e. The van der Waals surface area contributed by atoms with E-state index in [0.29, 0.717) is 11.5 Å². The van der Waals surface area contributed by atoms with Gasteiger partial charge < -0.3 is 19.3 Å². The van der Waals surface area contributed by atoms with Gasteiger partial charge in [0.2, 0.25) is 0 Å². The summed E-state index contributed by atoms with van der Waals surface area (Å²) in [6.07, 6.45) is 1.08. The number of aromatic hydroxyl groups is 1. The number of phenols is 1. The van der Waals surface area contributed by atoms with Gasteiger partial charge in [-0.3, -0.25) is 0 Å². The summed E-state index contributed by atoms with van der Waals surface area (Å²) in [4.78, 5) is 0. The van der Waals surface area contributed by atoms with E-state index in [1.807, 2.05) is 26.0 Å². The van der Waals surface area contributed by atoms with E-state index in [1.54, 1.807) is 0 Å². The van der Waals surface area contributed by atoms with E-state index in [4.69, 9.17) is 8.83 Å². The summed E-state index contributed by atoms with van der Waals surface area (Å²) in [5, 5.41) is 15.6. The Morgan fingerprint density at radius 2 is 1.80 bits per heavy atom. The molecule has 0 amide bonds. The molecule has 20 heavy (non-hydrogen) atoms. The first-order chi connectivity index (χ1) is 9.65. The summed E-state index contributed by atoms with van der Waals surface area (Å²) in [5.74, 6) is 2.22. The molecule has 0 bridgehead atoms. The van der Waals surface area contributed by atoms with E-state index < -0.39 is 0 Å². The lowest BCUT2D eigenvalue weighted by atomic mass is 9.93. The monoisotopic (exact) mass is 271 g/mol. The Balaban J connectivity index is 2.16. The number of furan rings is 2.